The Bertz CT molecular complexity index is 888. The minimum Gasteiger partial charge on any atom is -0.282 e. The van der Waals surface area contributed by atoms with E-state index in [0.717, 1.165) is 11.1 Å². The van der Waals surface area contributed by atoms with Crippen molar-refractivity contribution in [1.29, 1.82) is 0 Å². The van der Waals surface area contributed by atoms with Crippen molar-refractivity contribution in [3.63, 3.8) is 0 Å². The molecule has 0 heterocycles. The summed E-state index contributed by atoms with van der Waals surface area (Å²) in [4.78, 5) is -0.409. The molecule has 0 aromatic heterocycles. The predicted molar refractivity (Wildman–Crippen MR) is 85.8 cm³/mol. The van der Waals surface area contributed by atoms with E-state index in [1.807, 2.05) is 0 Å². The molecule has 0 saturated carbocycles. The molecule has 0 atom stereocenters. The van der Waals surface area contributed by atoms with Gasteiger partial charge in [0.1, 0.15) is 0 Å². The summed E-state index contributed by atoms with van der Waals surface area (Å²) in [5.74, 6) is 0. The van der Waals surface area contributed by atoms with Crippen LogP contribution in [0.4, 0.5) is 0 Å². The van der Waals surface area contributed by atoms with Crippen LogP contribution in [0.15, 0.2) is 46.2 Å². The van der Waals surface area contributed by atoms with Gasteiger partial charge in [-0.3, -0.25) is 9.11 Å². The van der Waals surface area contributed by atoms with Crippen LogP contribution in [-0.4, -0.2) is 129 Å². The summed E-state index contributed by atoms with van der Waals surface area (Å²) < 4.78 is 62.6. The molecule has 0 amide bonds. The first-order valence-corrected chi connectivity index (χ1v) is 8.75. The minimum absolute atomic E-state index is 0. The van der Waals surface area contributed by atoms with Gasteiger partial charge in [-0.2, -0.15) is 16.8 Å². The molecule has 2 aromatic carbocycles. The standard InChI is InChI=1S/C13H10O6S2.2K/c14-20(15,16)10-1-3-12-8(6-10)5-9-7-11(21(17,18)19)2-4-13(9)12;;/h1-4,6-7H,5H2,(H,14,15,16)(H,17,18,19);;. The number of fused-ring (bicyclic) bond motifs is 3. The van der Waals surface area contributed by atoms with Crippen LogP contribution in [0.2, 0.25) is 0 Å². The van der Waals surface area contributed by atoms with Gasteiger partial charge < -0.3 is 0 Å². The van der Waals surface area contributed by atoms with Crippen molar-refractivity contribution in [2.45, 2.75) is 16.2 Å². The Hall–Kier alpha value is 1.53. The molecule has 2 aromatic rings. The first kappa shape index (κ1) is 22.6. The average Bonchev–Trinajstić information content (AvgIpc) is 2.73. The maximum absolute atomic E-state index is 11.1. The van der Waals surface area contributed by atoms with Crippen molar-refractivity contribution in [3.8, 4) is 11.1 Å². The van der Waals surface area contributed by atoms with Crippen LogP contribution in [0, 0.1) is 0 Å². The van der Waals surface area contributed by atoms with Gasteiger partial charge in [0.2, 0.25) is 0 Å². The van der Waals surface area contributed by atoms with Gasteiger partial charge >= 0.3 is 0 Å². The summed E-state index contributed by atoms with van der Waals surface area (Å²) >= 11 is 0. The van der Waals surface area contributed by atoms with Gasteiger partial charge in [0.25, 0.3) is 20.2 Å². The minimum atomic E-state index is -4.28. The summed E-state index contributed by atoms with van der Waals surface area (Å²) in [6.07, 6.45) is 0.331. The fraction of sp³-hybridized carbons (Fsp3) is 0.0769. The fourth-order valence-corrected chi connectivity index (χ4v) is 3.55. The molecule has 10 heteroatoms. The van der Waals surface area contributed by atoms with E-state index in [1.54, 1.807) is 12.1 Å². The smallest absolute Gasteiger partial charge is 0.282 e. The number of hydrogen-bond donors (Lipinski definition) is 2. The van der Waals surface area contributed by atoms with E-state index in [4.69, 9.17) is 9.11 Å². The SMILES string of the molecule is O=S(=O)(O)c1ccc2c(c1)Cc1cc(S(=O)(=O)O)ccc1-2.[K].[K]. The van der Waals surface area contributed by atoms with Gasteiger partial charge in [-0.1, -0.05) is 12.1 Å². The molecule has 112 valence electrons. The Morgan fingerprint density at radius 1 is 0.696 bits per heavy atom. The largest absolute Gasteiger partial charge is 0.294 e. The topological polar surface area (TPSA) is 109 Å². The van der Waals surface area contributed by atoms with Crippen LogP contribution >= 0.6 is 0 Å². The third-order valence-electron chi connectivity index (χ3n) is 3.42. The molecular formula is C13H10K2O6S2. The molecular weight excluding hydrogens is 394 g/mol. The number of rotatable bonds is 2. The summed E-state index contributed by atoms with van der Waals surface area (Å²) in [7, 11) is -8.56. The van der Waals surface area contributed by atoms with E-state index < -0.39 is 20.2 Å². The normalized spacial score (nSPS) is 12.6. The summed E-state index contributed by atoms with van der Waals surface area (Å²) in [6, 6.07) is 8.43. The molecule has 0 spiro atoms. The molecule has 1 aliphatic carbocycles. The van der Waals surface area contributed by atoms with Crippen LogP contribution in [0.25, 0.3) is 11.1 Å². The van der Waals surface area contributed by atoms with Crippen LogP contribution in [0.1, 0.15) is 11.1 Å². The maximum Gasteiger partial charge on any atom is 0.294 e. The Balaban J connectivity index is 0.00000132. The van der Waals surface area contributed by atoms with E-state index in [9.17, 15) is 16.8 Å². The second kappa shape index (κ2) is 8.05. The second-order valence-electron chi connectivity index (χ2n) is 4.76. The number of benzene rings is 2. The summed E-state index contributed by atoms with van der Waals surface area (Å²) in [5, 5.41) is 0. The maximum atomic E-state index is 11.1. The molecule has 1 aliphatic rings. The van der Waals surface area contributed by atoms with Gasteiger partial charge in [-0.25, -0.2) is 0 Å². The third kappa shape index (κ3) is 4.83. The van der Waals surface area contributed by atoms with E-state index in [2.05, 4.69) is 0 Å². The quantitative estimate of drug-likeness (QED) is 0.487. The van der Waals surface area contributed by atoms with Crippen LogP contribution in [0.5, 0.6) is 0 Å². The Labute approximate surface area is 219 Å². The zero-order chi connectivity index (χ0) is 15.4. The zero-order valence-corrected chi connectivity index (χ0v) is 20.4. The van der Waals surface area contributed by atoms with E-state index >= 15 is 0 Å². The molecule has 2 radical (unpaired) electrons. The molecule has 0 aliphatic heterocycles. The molecule has 2 N–H and O–H groups in total. The first-order valence-electron chi connectivity index (χ1n) is 5.87. The van der Waals surface area contributed by atoms with Gasteiger partial charge in [-0.15, -0.1) is 0 Å². The van der Waals surface area contributed by atoms with Crippen LogP contribution in [0.3, 0.4) is 0 Å². The second-order valence-corrected chi connectivity index (χ2v) is 7.61. The van der Waals surface area contributed by atoms with E-state index in [-0.39, 0.29) is 113 Å². The van der Waals surface area contributed by atoms with Gasteiger partial charge in [-0.05, 0) is 52.9 Å². The van der Waals surface area contributed by atoms with Crippen molar-refractivity contribution in [2.24, 2.45) is 0 Å². The summed E-state index contributed by atoms with van der Waals surface area (Å²) in [6.45, 7) is 0. The molecule has 0 fully saturated rings. The fourth-order valence-electron chi connectivity index (χ4n) is 2.48. The summed E-state index contributed by atoms with van der Waals surface area (Å²) in [5.41, 5.74) is 2.90. The van der Waals surface area contributed by atoms with Crippen molar-refractivity contribution >= 4 is 123 Å². The van der Waals surface area contributed by atoms with Crippen molar-refractivity contribution in [2.75, 3.05) is 0 Å². The molecule has 0 bridgehead atoms. The zero-order valence-electron chi connectivity index (χ0n) is 12.5. The molecule has 3 rings (SSSR count). The first-order chi connectivity index (χ1) is 9.66. The monoisotopic (exact) mass is 404 g/mol. The molecule has 0 saturated heterocycles. The Morgan fingerprint density at radius 3 is 1.35 bits per heavy atom. The van der Waals surface area contributed by atoms with Crippen LogP contribution < -0.4 is 0 Å². The Morgan fingerprint density at radius 2 is 1.04 bits per heavy atom. The molecule has 6 nitrogen and oxygen atoms in total. The average molecular weight is 405 g/mol. The van der Waals surface area contributed by atoms with Gasteiger partial charge in [0.15, 0.2) is 0 Å². The van der Waals surface area contributed by atoms with E-state index in [1.165, 1.54) is 24.3 Å². The van der Waals surface area contributed by atoms with Crippen molar-refractivity contribution in [1.82, 2.24) is 0 Å². The van der Waals surface area contributed by atoms with Gasteiger partial charge in [0.05, 0.1) is 9.79 Å². The van der Waals surface area contributed by atoms with Gasteiger partial charge in [0, 0.05) is 103 Å². The van der Waals surface area contributed by atoms with Crippen LogP contribution in [-0.2, 0) is 26.7 Å². The number of hydrogen-bond acceptors (Lipinski definition) is 4. The molecule has 0 unspecified atom stereocenters. The molecule has 23 heavy (non-hydrogen) atoms. The van der Waals surface area contributed by atoms with E-state index in [0.29, 0.717) is 17.5 Å². The third-order valence-corrected chi connectivity index (χ3v) is 5.12. The Kier molecular flexibility index (Phi) is 7.90. The van der Waals surface area contributed by atoms with Crippen molar-refractivity contribution in [3.05, 3.63) is 47.5 Å². The van der Waals surface area contributed by atoms with Crippen molar-refractivity contribution < 1.29 is 25.9 Å². The predicted octanol–water partition coefficient (Wildman–Crippen LogP) is 0.990.